The molecule has 42 heavy (non-hydrogen) atoms. The molecule has 1 aliphatic heterocycles. The summed E-state index contributed by atoms with van der Waals surface area (Å²) in [5.74, 6) is -3.13. The Morgan fingerprint density at radius 3 is 2.52 bits per heavy atom. The van der Waals surface area contributed by atoms with Gasteiger partial charge in [0, 0.05) is 53.0 Å². The molecule has 5 rings (SSSR count). The Balaban J connectivity index is 1.81. The maximum atomic E-state index is 13.8. The molecule has 4 aromatic rings. The van der Waals surface area contributed by atoms with Crippen molar-refractivity contribution in [2.24, 2.45) is 7.05 Å². The zero-order chi connectivity index (χ0) is 30.5. The summed E-state index contributed by atoms with van der Waals surface area (Å²) in [5.41, 5.74) is 1.14. The SMILES string of the molecule is COC(=O)C[C@H](c1c(O)c(C(C)=O)cc([C@@H]2OCc3cnc(C)c(O)c32)c1O)c1cc2ccc(OC)cc2n(C)c1=O. The Bertz CT molecular complexity index is 1830. The van der Waals surface area contributed by atoms with Gasteiger partial charge < -0.3 is 34.1 Å². The number of carbonyl (C=O) groups is 2. The van der Waals surface area contributed by atoms with E-state index in [9.17, 15) is 29.7 Å². The molecule has 0 aliphatic carbocycles. The monoisotopic (exact) mass is 574 g/mol. The molecule has 0 amide bonds. The molecule has 3 N–H and O–H groups in total. The van der Waals surface area contributed by atoms with Gasteiger partial charge in [0.05, 0.1) is 44.0 Å². The summed E-state index contributed by atoms with van der Waals surface area (Å²) >= 11 is 0. The van der Waals surface area contributed by atoms with Crippen LogP contribution < -0.4 is 10.3 Å². The number of fused-ring (bicyclic) bond motifs is 2. The average Bonchev–Trinajstić information content (AvgIpc) is 3.40. The number of aromatic nitrogens is 2. The van der Waals surface area contributed by atoms with Crippen molar-refractivity contribution in [2.75, 3.05) is 14.2 Å². The van der Waals surface area contributed by atoms with Gasteiger partial charge in [0.2, 0.25) is 0 Å². The topological polar surface area (TPSA) is 157 Å². The van der Waals surface area contributed by atoms with Crippen LogP contribution in [0.2, 0.25) is 0 Å². The lowest BCUT2D eigenvalue weighted by Gasteiger charge is -2.25. The quantitative estimate of drug-likeness (QED) is 0.219. The van der Waals surface area contributed by atoms with E-state index >= 15 is 0 Å². The summed E-state index contributed by atoms with van der Waals surface area (Å²) in [4.78, 5) is 43.4. The molecule has 0 fully saturated rings. The van der Waals surface area contributed by atoms with Gasteiger partial charge in [-0.25, -0.2) is 0 Å². The number of ether oxygens (including phenoxy) is 3. The van der Waals surface area contributed by atoms with Gasteiger partial charge in [0.1, 0.15) is 29.1 Å². The molecule has 0 unspecified atom stereocenters. The van der Waals surface area contributed by atoms with Gasteiger partial charge in [-0.15, -0.1) is 0 Å². The third-order valence-corrected chi connectivity index (χ3v) is 7.81. The third kappa shape index (κ3) is 4.61. The van der Waals surface area contributed by atoms with Crippen molar-refractivity contribution >= 4 is 22.7 Å². The largest absolute Gasteiger partial charge is 0.507 e. The minimum absolute atomic E-state index is 0.0739. The van der Waals surface area contributed by atoms with Gasteiger partial charge in [-0.05, 0) is 43.5 Å². The number of esters is 1. The van der Waals surface area contributed by atoms with E-state index in [2.05, 4.69) is 4.98 Å². The first-order valence-electron chi connectivity index (χ1n) is 13.1. The number of rotatable bonds is 7. The number of nitrogens with zero attached hydrogens (tertiary/aromatic N) is 2. The molecule has 0 saturated heterocycles. The van der Waals surface area contributed by atoms with E-state index in [1.807, 2.05) is 0 Å². The van der Waals surface area contributed by atoms with Crippen LogP contribution >= 0.6 is 0 Å². The normalized spacial score (nSPS) is 14.9. The fraction of sp³-hybridized carbons (Fsp3) is 0.290. The number of aromatic hydroxyl groups is 3. The van der Waals surface area contributed by atoms with E-state index < -0.39 is 47.3 Å². The second kappa shape index (κ2) is 10.8. The van der Waals surface area contributed by atoms with Crippen molar-refractivity contribution in [3.63, 3.8) is 0 Å². The van der Waals surface area contributed by atoms with Crippen LogP contribution in [0.4, 0.5) is 0 Å². The molecule has 11 nitrogen and oxygen atoms in total. The Morgan fingerprint density at radius 1 is 1.12 bits per heavy atom. The predicted octanol–water partition coefficient (Wildman–Crippen LogP) is 3.88. The molecule has 1 aliphatic rings. The maximum Gasteiger partial charge on any atom is 0.306 e. The summed E-state index contributed by atoms with van der Waals surface area (Å²) < 4.78 is 17.5. The van der Waals surface area contributed by atoms with Crippen molar-refractivity contribution in [2.45, 2.75) is 38.9 Å². The van der Waals surface area contributed by atoms with Gasteiger partial charge in [-0.3, -0.25) is 19.4 Å². The minimum Gasteiger partial charge on any atom is -0.507 e. The highest BCUT2D eigenvalue weighted by atomic mass is 16.5. The summed E-state index contributed by atoms with van der Waals surface area (Å²) in [6, 6.07) is 8.02. The third-order valence-electron chi connectivity index (χ3n) is 7.81. The van der Waals surface area contributed by atoms with Crippen LogP contribution in [0.1, 0.15) is 69.2 Å². The highest BCUT2D eigenvalue weighted by Crippen LogP contribution is 2.50. The van der Waals surface area contributed by atoms with Gasteiger partial charge in [-0.2, -0.15) is 0 Å². The van der Waals surface area contributed by atoms with Crippen LogP contribution in [0.25, 0.3) is 10.9 Å². The second-order valence-electron chi connectivity index (χ2n) is 10.2. The molecule has 0 bridgehead atoms. The molecular formula is C31H30N2O9. The highest BCUT2D eigenvalue weighted by molar-refractivity contribution is 5.98. The number of Topliss-reactive ketones (excluding diaryl/α,β-unsaturated/α-hetero) is 1. The lowest BCUT2D eigenvalue weighted by molar-refractivity contribution is -0.140. The standard InChI is InChI=1S/C31H30N2O9/c1-14-27(36)25-17(12-32-14)13-42-30(25)22-10-19(15(2)34)28(37)26(29(22)38)20(11-24(35)41-5)21-8-16-6-7-18(40-4)9-23(16)33(3)31(21)39/h6-10,12,20,30,36-38H,11,13H2,1-5H3/t20-,30-/m0/s1. The molecule has 0 radical (unpaired) electrons. The number of benzene rings is 2. The molecule has 218 valence electrons. The van der Waals surface area contributed by atoms with E-state index in [1.54, 1.807) is 44.4 Å². The number of ketones is 1. The van der Waals surface area contributed by atoms with Crippen molar-refractivity contribution < 1.29 is 39.1 Å². The van der Waals surface area contributed by atoms with E-state index in [4.69, 9.17) is 14.2 Å². The van der Waals surface area contributed by atoms with Crippen LogP contribution in [0.15, 0.2) is 41.3 Å². The lowest BCUT2D eigenvalue weighted by Crippen LogP contribution is -2.26. The number of hydrogen-bond acceptors (Lipinski definition) is 10. The highest BCUT2D eigenvalue weighted by Gasteiger charge is 2.37. The fourth-order valence-corrected chi connectivity index (χ4v) is 5.53. The van der Waals surface area contributed by atoms with Crippen LogP contribution in [-0.4, -0.2) is 50.8 Å². The number of carbonyl (C=O) groups excluding carboxylic acids is 2. The number of methoxy groups -OCH3 is 2. The van der Waals surface area contributed by atoms with Gasteiger partial charge in [0.15, 0.2) is 5.78 Å². The lowest BCUT2D eigenvalue weighted by atomic mass is 9.83. The van der Waals surface area contributed by atoms with Crippen molar-refractivity contribution in [3.8, 4) is 23.0 Å². The molecule has 2 aromatic carbocycles. The zero-order valence-corrected chi connectivity index (χ0v) is 23.7. The summed E-state index contributed by atoms with van der Waals surface area (Å²) in [7, 11) is 4.25. The molecule has 11 heteroatoms. The van der Waals surface area contributed by atoms with Gasteiger partial charge >= 0.3 is 5.97 Å². The van der Waals surface area contributed by atoms with Gasteiger partial charge in [-0.1, -0.05) is 0 Å². The van der Waals surface area contributed by atoms with Crippen molar-refractivity contribution in [1.29, 1.82) is 0 Å². The zero-order valence-electron chi connectivity index (χ0n) is 23.7. The fourth-order valence-electron chi connectivity index (χ4n) is 5.53. The van der Waals surface area contributed by atoms with Crippen molar-refractivity contribution in [3.05, 3.63) is 86.0 Å². The van der Waals surface area contributed by atoms with Crippen LogP contribution in [0.5, 0.6) is 23.0 Å². The molecule has 2 atom stereocenters. The van der Waals surface area contributed by atoms with Gasteiger partial charge in [0.25, 0.3) is 5.56 Å². The number of aryl methyl sites for hydroxylation is 2. The predicted molar refractivity (Wildman–Crippen MR) is 151 cm³/mol. The van der Waals surface area contributed by atoms with E-state index in [0.717, 1.165) is 0 Å². The number of pyridine rings is 2. The molecule has 0 saturated carbocycles. The summed E-state index contributed by atoms with van der Waals surface area (Å²) in [6.07, 6.45) is 0.0959. The first-order chi connectivity index (χ1) is 20.0. The first kappa shape index (κ1) is 28.6. The van der Waals surface area contributed by atoms with Crippen LogP contribution in [0.3, 0.4) is 0 Å². The van der Waals surface area contributed by atoms with E-state index in [1.165, 1.54) is 31.8 Å². The molecular weight excluding hydrogens is 544 g/mol. The Labute approximate surface area is 240 Å². The number of phenols is 2. The first-order valence-corrected chi connectivity index (χ1v) is 13.1. The Morgan fingerprint density at radius 2 is 1.86 bits per heavy atom. The maximum absolute atomic E-state index is 13.8. The average molecular weight is 575 g/mol. The van der Waals surface area contributed by atoms with Crippen molar-refractivity contribution in [1.82, 2.24) is 9.55 Å². The van der Waals surface area contributed by atoms with Crippen LogP contribution in [0, 0.1) is 6.92 Å². The second-order valence-corrected chi connectivity index (χ2v) is 10.2. The van der Waals surface area contributed by atoms with E-state index in [-0.39, 0.29) is 34.6 Å². The summed E-state index contributed by atoms with van der Waals surface area (Å²) in [5, 5.41) is 34.6. The summed E-state index contributed by atoms with van der Waals surface area (Å²) in [6.45, 7) is 2.93. The molecule has 2 aromatic heterocycles. The number of phenolic OH excluding ortho intramolecular Hbond substituents is 2. The van der Waals surface area contributed by atoms with E-state index in [0.29, 0.717) is 33.5 Å². The Hall–Kier alpha value is -4.90. The number of hydrogen-bond donors (Lipinski definition) is 3. The smallest absolute Gasteiger partial charge is 0.306 e. The minimum atomic E-state index is -1.23. The molecule has 3 heterocycles. The molecule has 0 spiro atoms. The Kier molecular flexibility index (Phi) is 7.38. The van der Waals surface area contributed by atoms with Crippen LogP contribution in [-0.2, 0) is 27.9 Å².